The molecular formula is C25H17ClN5NaO3S2. The van der Waals surface area contributed by atoms with E-state index in [4.69, 9.17) is 11.6 Å². The van der Waals surface area contributed by atoms with Gasteiger partial charge in [-0.15, -0.1) is 0 Å². The van der Waals surface area contributed by atoms with E-state index in [0.717, 1.165) is 22.6 Å². The number of thiazole rings is 1. The number of rotatable bonds is 7. The Bertz CT molecular complexity index is 1610. The number of carbonyl (C=O) groups excluding carboxylic acids is 1. The van der Waals surface area contributed by atoms with Crippen LogP contribution in [0.3, 0.4) is 0 Å². The average Bonchev–Trinajstić information content (AvgIpc) is 3.55. The molecule has 0 aliphatic carbocycles. The van der Waals surface area contributed by atoms with Crippen molar-refractivity contribution in [1.29, 1.82) is 0 Å². The molecule has 8 nitrogen and oxygen atoms in total. The predicted octanol–water partition coefficient (Wildman–Crippen LogP) is 3.30. The van der Waals surface area contributed by atoms with Crippen LogP contribution in [0.5, 0.6) is 0 Å². The van der Waals surface area contributed by atoms with Gasteiger partial charge in [-0.1, -0.05) is 48.1 Å². The summed E-state index contributed by atoms with van der Waals surface area (Å²) in [6.07, 6.45) is 1.48. The van der Waals surface area contributed by atoms with Crippen molar-refractivity contribution in [3.8, 4) is 16.9 Å². The van der Waals surface area contributed by atoms with E-state index in [9.17, 15) is 13.2 Å². The van der Waals surface area contributed by atoms with E-state index < -0.39 is 15.9 Å². The largest absolute Gasteiger partial charge is 1.00 e. The molecule has 0 fully saturated rings. The minimum absolute atomic E-state index is 0. The molecule has 2 heterocycles. The Balaban J connectivity index is 0.00000320. The fourth-order valence-electron chi connectivity index (χ4n) is 3.41. The Labute approximate surface area is 244 Å². The number of amides is 1. The summed E-state index contributed by atoms with van der Waals surface area (Å²) < 4.78 is 30.3. The molecule has 0 saturated heterocycles. The van der Waals surface area contributed by atoms with Crippen LogP contribution in [-0.2, 0) is 10.0 Å². The third kappa shape index (κ3) is 6.30. The van der Waals surface area contributed by atoms with Crippen molar-refractivity contribution in [2.75, 3.05) is 5.32 Å². The van der Waals surface area contributed by atoms with Crippen LogP contribution >= 0.6 is 22.9 Å². The van der Waals surface area contributed by atoms with Crippen LogP contribution in [0.25, 0.3) is 21.7 Å². The third-order valence-corrected chi connectivity index (χ3v) is 7.42. The van der Waals surface area contributed by atoms with Crippen molar-refractivity contribution in [1.82, 2.24) is 14.8 Å². The smallest absolute Gasteiger partial charge is 0.433 e. The van der Waals surface area contributed by atoms with E-state index in [1.54, 1.807) is 28.3 Å². The van der Waals surface area contributed by atoms with E-state index in [2.05, 4.69) is 20.1 Å². The Morgan fingerprint density at radius 3 is 2.32 bits per heavy atom. The number of aromatic nitrogens is 3. The van der Waals surface area contributed by atoms with Crippen molar-refractivity contribution >= 4 is 49.7 Å². The molecule has 0 unspecified atom stereocenters. The number of hydrogen-bond acceptors (Lipinski definition) is 6. The van der Waals surface area contributed by atoms with E-state index >= 15 is 0 Å². The Hall–Kier alpha value is -2.99. The van der Waals surface area contributed by atoms with Gasteiger partial charge >= 0.3 is 29.6 Å². The van der Waals surface area contributed by atoms with E-state index in [0.29, 0.717) is 16.4 Å². The van der Waals surface area contributed by atoms with Gasteiger partial charge in [0.15, 0.2) is 5.69 Å². The maximum absolute atomic E-state index is 13.0. The van der Waals surface area contributed by atoms with Crippen LogP contribution in [0.1, 0.15) is 10.5 Å². The van der Waals surface area contributed by atoms with Gasteiger partial charge < -0.3 is 15.0 Å². The van der Waals surface area contributed by atoms with Crippen LogP contribution in [0, 0.1) is 0 Å². The van der Waals surface area contributed by atoms with Crippen LogP contribution in [-0.4, -0.2) is 29.1 Å². The number of nitrogens with one attached hydrogen (secondary N) is 1. The zero-order valence-corrected chi connectivity index (χ0v) is 23.8. The molecule has 1 amide bonds. The predicted molar refractivity (Wildman–Crippen MR) is 141 cm³/mol. The Morgan fingerprint density at radius 1 is 0.973 bits per heavy atom. The van der Waals surface area contributed by atoms with Gasteiger partial charge in [0.2, 0.25) is 10.0 Å². The molecule has 1 N–H and O–H groups in total. The number of sulfonamides is 1. The molecule has 2 aromatic heterocycles. The summed E-state index contributed by atoms with van der Waals surface area (Å²) in [4.78, 5) is 16.9. The molecule has 37 heavy (non-hydrogen) atoms. The maximum atomic E-state index is 13.0. The number of halogens is 1. The topological polar surface area (TPSA) is 108 Å². The number of carbonyl (C=O) groups is 1. The summed E-state index contributed by atoms with van der Waals surface area (Å²) in [5.41, 5.74) is 2.96. The number of para-hydroxylation sites is 1. The van der Waals surface area contributed by atoms with Gasteiger partial charge in [-0.2, -0.15) is 16.4 Å². The molecule has 5 rings (SSSR count). The third-order valence-electron chi connectivity index (χ3n) is 5.11. The molecule has 0 atom stereocenters. The van der Waals surface area contributed by atoms with Crippen LogP contribution in [0.2, 0.25) is 5.02 Å². The maximum Gasteiger partial charge on any atom is 1.00 e. The number of benzene rings is 3. The first-order chi connectivity index (χ1) is 17.4. The summed E-state index contributed by atoms with van der Waals surface area (Å²) in [6.45, 7) is 0. The van der Waals surface area contributed by atoms with Crippen LogP contribution in [0.4, 0.5) is 10.8 Å². The molecule has 0 radical (unpaired) electrons. The van der Waals surface area contributed by atoms with E-state index in [1.165, 1.54) is 30.5 Å². The van der Waals surface area contributed by atoms with Gasteiger partial charge in [0.05, 0.1) is 16.3 Å². The Kier molecular flexibility index (Phi) is 8.48. The minimum atomic E-state index is -3.91. The second-order valence-electron chi connectivity index (χ2n) is 7.53. The average molecular weight is 558 g/mol. The molecule has 0 aliphatic heterocycles. The second-order valence-corrected chi connectivity index (χ2v) is 10.4. The normalized spacial score (nSPS) is 10.9. The number of nitrogens with zero attached hydrogens (tertiary/aromatic N) is 4. The van der Waals surface area contributed by atoms with Crippen molar-refractivity contribution in [2.45, 2.75) is 4.90 Å². The molecule has 0 saturated carbocycles. The first-order valence-corrected chi connectivity index (χ1v) is 13.3. The van der Waals surface area contributed by atoms with Crippen LogP contribution in [0.15, 0.2) is 101 Å². The molecule has 0 spiro atoms. The van der Waals surface area contributed by atoms with Crippen molar-refractivity contribution in [2.24, 2.45) is 0 Å². The molecule has 12 heteroatoms. The Morgan fingerprint density at radius 2 is 1.68 bits per heavy atom. The zero-order chi connectivity index (χ0) is 25.1. The monoisotopic (exact) mass is 557 g/mol. The van der Waals surface area contributed by atoms with Gasteiger partial charge in [-0.25, -0.2) is 13.1 Å². The molecule has 0 bridgehead atoms. The van der Waals surface area contributed by atoms with Gasteiger partial charge in [0, 0.05) is 21.4 Å². The minimum Gasteiger partial charge on any atom is -0.433 e. The van der Waals surface area contributed by atoms with Crippen molar-refractivity contribution < 1.29 is 42.8 Å². The first-order valence-electron chi connectivity index (χ1n) is 10.6. The summed E-state index contributed by atoms with van der Waals surface area (Å²) in [5.74, 6) is -0.442. The fraction of sp³-hybridized carbons (Fsp3) is 0. The van der Waals surface area contributed by atoms with Crippen molar-refractivity contribution in [3.05, 3.63) is 112 Å². The number of anilines is 1. The quantitative estimate of drug-likeness (QED) is 0.309. The summed E-state index contributed by atoms with van der Waals surface area (Å²) in [7, 11) is -3.91. The van der Waals surface area contributed by atoms with Gasteiger partial charge in [0.1, 0.15) is 0 Å². The zero-order valence-electron chi connectivity index (χ0n) is 19.4. The summed E-state index contributed by atoms with van der Waals surface area (Å²) in [6, 6.07) is 24.2. The summed E-state index contributed by atoms with van der Waals surface area (Å²) >= 11 is 7.17. The summed E-state index contributed by atoms with van der Waals surface area (Å²) in [5, 5.41) is 9.69. The molecule has 180 valence electrons. The SMILES string of the molecule is O=C(Nc1ccc(S(=O)(=O)[N-]c2nccs2)cc1)c1cc(-c2ccc(Cl)cc2)n(-c2ccccc2)n1.[Na+]. The van der Waals surface area contributed by atoms with Crippen molar-refractivity contribution in [3.63, 3.8) is 0 Å². The van der Waals surface area contributed by atoms with Crippen LogP contribution < -0.4 is 34.9 Å². The molecule has 5 aromatic rings. The molecule has 3 aromatic carbocycles. The number of hydrogen-bond donors (Lipinski definition) is 1. The second kappa shape index (κ2) is 11.6. The standard InChI is InChI=1S/C25H18ClN5O3S2.Na/c26-18-8-6-17(7-9-18)23-16-22(29-31(23)20-4-2-1-3-5-20)24(32)28-19-10-12-21(13-11-19)36(33,34)30-25-27-14-15-35-25;/h1-16H,(H2,27,28,30,32);/q;+1/p-1. The van der Waals surface area contributed by atoms with Gasteiger partial charge in [-0.05, 0) is 60.0 Å². The molecular weight excluding hydrogens is 541 g/mol. The molecule has 0 aliphatic rings. The van der Waals surface area contributed by atoms with E-state index in [-0.39, 0.29) is 45.3 Å². The fourth-order valence-corrected chi connectivity index (χ4v) is 5.20. The van der Waals surface area contributed by atoms with Gasteiger partial charge in [0.25, 0.3) is 5.91 Å². The van der Waals surface area contributed by atoms with E-state index in [1.807, 2.05) is 42.5 Å². The first kappa shape index (κ1) is 27.1. The van der Waals surface area contributed by atoms with Gasteiger partial charge in [-0.3, -0.25) is 4.79 Å².